The van der Waals surface area contributed by atoms with Crippen LogP contribution < -0.4 is 14.2 Å². The van der Waals surface area contributed by atoms with Crippen molar-refractivity contribution in [3.05, 3.63) is 17.7 Å². The van der Waals surface area contributed by atoms with E-state index in [-0.39, 0.29) is 10.8 Å². The Morgan fingerprint density at radius 1 is 1.16 bits per heavy atom. The molecular formula is C13H21NO4S. The predicted octanol–water partition coefficient (Wildman–Crippen LogP) is 1.95. The number of benzene rings is 1. The molecule has 5 nitrogen and oxygen atoms in total. The maximum Gasteiger partial charge on any atom is 0.240 e. The number of rotatable bonds is 6. The summed E-state index contributed by atoms with van der Waals surface area (Å²) in [7, 11) is -0.535. The third-order valence-corrected chi connectivity index (χ3v) is 4.22. The van der Waals surface area contributed by atoms with Crippen molar-refractivity contribution in [2.75, 3.05) is 20.8 Å². The van der Waals surface area contributed by atoms with E-state index in [0.29, 0.717) is 23.6 Å². The third-order valence-electron chi connectivity index (χ3n) is 2.65. The molecule has 108 valence electrons. The van der Waals surface area contributed by atoms with E-state index in [0.717, 1.165) is 0 Å². The summed E-state index contributed by atoms with van der Waals surface area (Å²) in [4.78, 5) is 0.214. The van der Waals surface area contributed by atoms with Gasteiger partial charge in [-0.3, -0.25) is 0 Å². The minimum absolute atomic E-state index is 0.214. The van der Waals surface area contributed by atoms with Gasteiger partial charge in [0.1, 0.15) is 0 Å². The van der Waals surface area contributed by atoms with Crippen LogP contribution in [0.2, 0.25) is 0 Å². The largest absolute Gasteiger partial charge is 0.493 e. The number of methoxy groups -OCH3 is 2. The summed E-state index contributed by atoms with van der Waals surface area (Å²) in [6.07, 6.45) is 0. The van der Waals surface area contributed by atoms with Crippen LogP contribution in [0.3, 0.4) is 0 Å². The van der Waals surface area contributed by atoms with Crippen molar-refractivity contribution in [1.29, 1.82) is 0 Å². The molecule has 0 atom stereocenters. The van der Waals surface area contributed by atoms with E-state index in [1.165, 1.54) is 20.3 Å². The Labute approximate surface area is 115 Å². The Kier molecular flexibility index (Phi) is 5.20. The smallest absolute Gasteiger partial charge is 0.240 e. The van der Waals surface area contributed by atoms with Crippen LogP contribution in [0.1, 0.15) is 19.4 Å². The Bertz CT molecular complexity index is 538. The summed E-state index contributed by atoms with van der Waals surface area (Å²) in [5.74, 6) is 1.16. The molecule has 0 unspecified atom stereocenters. The van der Waals surface area contributed by atoms with Gasteiger partial charge in [0.15, 0.2) is 11.5 Å². The highest BCUT2D eigenvalue weighted by molar-refractivity contribution is 7.89. The Morgan fingerprint density at radius 2 is 1.68 bits per heavy atom. The standard InChI is InChI=1S/C13H21NO4S/c1-9(2)8-14-19(15,16)13-7-12(18-5)11(17-4)6-10(13)3/h6-7,9,14H,8H2,1-5H3. The van der Waals surface area contributed by atoms with Crippen LogP contribution in [0.4, 0.5) is 0 Å². The maximum atomic E-state index is 12.2. The van der Waals surface area contributed by atoms with E-state index in [9.17, 15) is 8.42 Å². The van der Waals surface area contributed by atoms with Crippen LogP contribution in [0.25, 0.3) is 0 Å². The molecule has 0 amide bonds. The second kappa shape index (κ2) is 6.25. The van der Waals surface area contributed by atoms with Crippen LogP contribution in [-0.2, 0) is 10.0 Å². The molecule has 0 aliphatic rings. The molecule has 0 radical (unpaired) electrons. The fraction of sp³-hybridized carbons (Fsp3) is 0.538. The van der Waals surface area contributed by atoms with Gasteiger partial charge in [0, 0.05) is 12.6 Å². The van der Waals surface area contributed by atoms with Crippen LogP contribution in [0, 0.1) is 12.8 Å². The van der Waals surface area contributed by atoms with E-state index in [1.54, 1.807) is 13.0 Å². The lowest BCUT2D eigenvalue weighted by atomic mass is 10.2. The van der Waals surface area contributed by atoms with Gasteiger partial charge < -0.3 is 9.47 Å². The first-order valence-corrected chi connectivity index (χ1v) is 7.52. The average Bonchev–Trinajstić information content (AvgIpc) is 2.35. The topological polar surface area (TPSA) is 64.6 Å². The number of aryl methyl sites for hydroxylation is 1. The molecule has 0 bridgehead atoms. The van der Waals surface area contributed by atoms with Crippen molar-refractivity contribution >= 4 is 10.0 Å². The molecule has 1 N–H and O–H groups in total. The molecule has 0 heterocycles. The molecule has 0 aromatic heterocycles. The van der Waals surface area contributed by atoms with Crippen molar-refractivity contribution in [1.82, 2.24) is 4.72 Å². The Balaban J connectivity index is 3.19. The molecule has 0 saturated carbocycles. The fourth-order valence-electron chi connectivity index (χ4n) is 1.61. The first-order valence-electron chi connectivity index (χ1n) is 6.04. The minimum atomic E-state index is -3.53. The van der Waals surface area contributed by atoms with Gasteiger partial charge in [-0.2, -0.15) is 0 Å². The molecule has 0 spiro atoms. The van der Waals surface area contributed by atoms with Crippen LogP contribution >= 0.6 is 0 Å². The fourth-order valence-corrected chi connectivity index (χ4v) is 3.06. The highest BCUT2D eigenvalue weighted by atomic mass is 32.2. The van der Waals surface area contributed by atoms with Gasteiger partial charge in [-0.25, -0.2) is 13.1 Å². The van der Waals surface area contributed by atoms with Crippen molar-refractivity contribution in [2.24, 2.45) is 5.92 Å². The van der Waals surface area contributed by atoms with Crippen molar-refractivity contribution < 1.29 is 17.9 Å². The zero-order chi connectivity index (χ0) is 14.6. The van der Waals surface area contributed by atoms with Gasteiger partial charge >= 0.3 is 0 Å². The first kappa shape index (κ1) is 15.8. The Hall–Kier alpha value is -1.27. The number of nitrogens with one attached hydrogen (secondary N) is 1. The lowest BCUT2D eigenvalue weighted by Crippen LogP contribution is -2.28. The number of hydrogen-bond acceptors (Lipinski definition) is 4. The normalized spacial score (nSPS) is 11.7. The quantitative estimate of drug-likeness (QED) is 0.868. The molecule has 0 aliphatic carbocycles. The van der Waals surface area contributed by atoms with Gasteiger partial charge in [-0.15, -0.1) is 0 Å². The van der Waals surface area contributed by atoms with Gasteiger partial charge in [-0.05, 0) is 24.5 Å². The highest BCUT2D eigenvalue weighted by Crippen LogP contribution is 2.32. The van der Waals surface area contributed by atoms with Crippen molar-refractivity contribution in [2.45, 2.75) is 25.7 Å². The molecule has 6 heteroatoms. The average molecular weight is 287 g/mol. The van der Waals surface area contributed by atoms with E-state index in [4.69, 9.17) is 9.47 Å². The number of ether oxygens (including phenoxy) is 2. The van der Waals surface area contributed by atoms with Crippen molar-refractivity contribution in [3.63, 3.8) is 0 Å². The summed E-state index contributed by atoms with van der Waals surface area (Å²) >= 11 is 0. The zero-order valence-corrected chi connectivity index (χ0v) is 12.8. The number of hydrogen-bond donors (Lipinski definition) is 1. The summed E-state index contributed by atoms with van der Waals surface area (Å²) < 4.78 is 37.3. The van der Waals surface area contributed by atoms with Crippen LogP contribution in [0.15, 0.2) is 17.0 Å². The van der Waals surface area contributed by atoms with E-state index in [1.807, 2.05) is 13.8 Å². The van der Waals surface area contributed by atoms with Crippen LogP contribution in [-0.4, -0.2) is 29.2 Å². The highest BCUT2D eigenvalue weighted by Gasteiger charge is 2.20. The van der Waals surface area contributed by atoms with Crippen molar-refractivity contribution in [3.8, 4) is 11.5 Å². The second-order valence-electron chi connectivity index (χ2n) is 4.72. The van der Waals surface area contributed by atoms with Gasteiger partial charge in [-0.1, -0.05) is 13.8 Å². The zero-order valence-electron chi connectivity index (χ0n) is 12.0. The second-order valence-corrected chi connectivity index (χ2v) is 6.45. The van der Waals surface area contributed by atoms with E-state index in [2.05, 4.69) is 4.72 Å². The molecule has 1 aromatic rings. The minimum Gasteiger partial charge on any atom is -0.493 e. The first-order chi connectivity index (χ1) is 8.81. The molecule has 0 aliphatic heterocycles. The maximum absolute atomic E-state index is 12.2. The molecular weight excluding hydrogens is 266 g/mol. The van der Waals surface area contributed by atoms with Gasteiger partial charge in [0.2, 0.25) is 10.0 Å². The lowest BCUT2D eigenvalue weighted by Gasteiger charge is -2.14. The summed E-state index contributed by atoms with van der Waals surface area (Å²) in [6.45, 7) is 6.02. The van der Waals surface area contributed by atoms with Gasteiger partial charge in [0.05, 0.1) is 19.1 Å². The monoisotopic (exact) mass is 287 g/mol. The molecule has 1 rings (SSSR count). The van der Waals surface area contributed by atoms with E-state index < -0.39 is 10.0 Å². The SMILES string of the molecule is COc1cc(C)c(S(=O)(=O)NCC(C)C)cc1OC. The Morgan fingerprint density at radius 3 is 2.16 bits per heavy atom. The summed E-state index contributed by atoms with van der Waals surface area (Å²) in [5.41, 5.74) is 0.619. The summed E-state index contributed by atoms with van der Waals surface area (Å²) in [5, 5.41) is 0. The molecule has 0 saturated heterocycles. The summed E-state index contributed by atoms with van der Waals surface area (Å²) in [6, 6.07) is 3.14. The molecule has 0 fully saturated rings. The number of sulfonamides is 1. The predicted molar refractivity (Wildman–Crippen MR) is 74.3 cm³/mol. The van der Waals surface area contributed by atoms with E-state index >= 15 is 0 Å². The molecule has 1 aromatic carbocycles. The molecule has 19 heavy (non-hydrogen) atoms. The lowest BCUT2D eigenvalue weighted by molar-refractivity contribution is 0.353. The van der Waals surface area contributed by atoms with Crippen LogP contribution in [0.5, 0.6) is 11.5 Å². The third kappa shape index (κ3) is 3.84. The van der Waals surface area contributed by atoms with Gasteiger partial charge in [0.25, 0.3) is 0 Å².